The molecule has 1 heterocycles. The lowest BCUT2D eigenvalue weighted by Crippen LogP contribution is -1.92. The summed E-state index contributed by atoms with van der Waals surface area (Å²) in [6.07, 6.45) is 3.28. The molecule has 0 aromatic rings. The van der Waals surface area contributed by atoms with Gasteiger partial charge in [0.25, 0.3) is 0 Å². The summed E-state index contributed by atoms with van der Waals surface area (Å²) in [4.78, 5) is 0. The first kappa shape index (κ1) is 4.18. The van der Waals surface area contributed by atoms with Crippen molar-refractivity contribution in [2.75, 3.05) is 7.11 Å². The highest BCUT2D eigenvalue weighted by Crippen LogP contribution is 1.94. The lowest BCUT2D eigenvalue weighted by atomic mass is 10.7. The van der Waals surface area contributed by atoms with Gasteiger partial charge in [-0.3, -0.25) is 0 Å². The first-order valence-corrected chi connectivity index (χ1v) is 1.92. The molecule has 0 bridgehead atoms. The zero-order valence-corrected chi connectivity index (χ0v) is 3.96. The molecule has 1 radical (unpaired) electrons. The van der Waals surface area contributed by atoms with E-state index in [4.69, 9.17) is 0 Å². The summed E-state index contributed by atoms with van der Waals surface area (Å²) in [5.41, 5.74) is 3.56. The van der Waals surface area contributed by atoms with Gasteiger partial charge in [-0.1, -0.05) is 0 Å². The highest BCUT2D eigenvalue weighted by molar-refractivity contribution is 5.73. The van der Waals surface area contributed by atoms with Crippen LogP contribution in [0.2, 0.25) is 0 Å². The topological polar surface area (TPSA) is 35.7 Å². The third kappa shape index (κ3) is 0.707. The Morgan fingerprint density at radius 3 is 2.86 bits per heavy atom. The first-order valence-electron chi connectivity index (χ1n) is 1.92. The molecule has 7 heavy (non-hydrogen) atoms. The fraction of sp³-hybridized carbons (Fsp3) is 0.250. The predicted molar refractivity (Wildman–Crippen MR) is 25.7 cm³/mol. The van der Waals surface area contributed by atoms with Crippen LogP contribution in [0.1, 0.15) is 0 Å². The smallest absolute Gasteiger partial charge is 0.234 e. The van der Waals surface area contributed by atoms with Crippen LogP contribution in [0, 0.1) is 0 Å². The minimum atomic E-state index is 0.569. The standard InChI is InChI=1S/C4H5N2O/c1-7-4-2-3-5-6-4/h2-3H,1H3. The van der Waals surface area contributed by atoms with E-state index in [1.807, 2.05) is 0 Å². The molecule has 0 N–H and O–H groups in total. The predicted octanol–water partition coefficient (Wildman–Crippen LogP) is 0.0780. The van der Waals surface area contributed by atoms with Gasteiger partial charge >= 0.3 is 0 Å². The highest BCUT2D eigenvalue weighted by atomic mass is 16.5. The van der Waals surface area contributed by atoms with E-state index in [-0.39, 0.29) is 0 Å². The van der Waals surface area contributed by atoms with Gasteiger partial charge in [0, 0.05) is 6.08 Å². The van der Waals surface area contributed by atoms with Gasteiger partial charge in [0.1, 0.15) is 0 Å². The molecule has 0 atom stereocenters. The highest BCUT2D eigenvalue weighted by Gasteiger charge is 1.96. The number of methoxy groups -OCH3 is 1. The molecule has 0 fully saturated rings. The van der Waals surface area contributed by atoms with E-state index in [9.17, 15) is 0 Å². The van der Waals surface area contributed by atoms with E-state index in [1.165, 1.54) is 0 Å². The molecule has 0 saturated heterocycles. The molecular formula is C4H5N2O. The van der Waals surface area contributed by atoms with E-state index in [1.54, 1.807) is 19.4 Å². The largest absolute Gasteiger partial charge is 0.480 e. The fourth-order valence-electron chi connectivity index (χ4n) is 0.330. The summed E-state index contributed by atoms with van der Waals surface area (Å²) >= 11 is 0. The van der Waals surface area contributed by atoms with Crippen molar-refractivity contribution in [3.05, 3.63) is 12.0 Å². The molecule has 0 unspecified atom stereocenters. The number of allylic oxidation sites excluding steroid dienone is 1. The van der Waals surface area contributed by atoms with Crippen LogP contribution in [-0.2, 0) is 4.74 Å². The molecule has 0 spiro atoms. The van der Waals surface area contributed by atoms with Crippen LogP contribution >= 0.6 is 0 Å². The Balaban J connectivity index is 2.45. The molecular weight excluding hydrogens is 92.1 g/mol. The van der Waals surface area contributed by atoms with Gasteiger partial charge in [-0.25, -0.2) is 0 Å². The van der Waals surface area contributed by atoms with Crippen molar-refractivity contribution in [2.24, 2.45) is 5.10 Å². The molecule has 37 valence electrons. The van der Waals surface area contributed by atoms with Crippen molar-refractivity contribution >= 4 is 6.21 Å². The van der Waals surface area contributed by atoms with Gasteiger partial charge in [-0.2, -0.15) is 5.10 Å². The molecule has 1 aliphatic heterocycles. The summed E-state index contributed by atoms with van der Waals surface area (Å²) in [7, 11) is 1.56. The van der Waals surface area contributed by atoms with Crippen LogP contribution in [0.3, 0.4) is 0 Å². The van der Waals surface area contributed by atoms with E-state index in [0.29, 0.717) is 5.88 Å². The van der Waals surface area contributed by atoms with Crippen molar-refractivity contribution in [3.8, 4) is 0 Å². The monoisotopic (exact) mass is 97.0 g/mol. The lowest BCUT2D eigenvalue weighted by molar-refractivity contribution is 0.264. The number of rotatable bonds is 1. The SMILES string of the molecule is COC1=CC=N[N]1. The number of hydrogen-bond acceptors (Lipinski definition) is 2. The fourth-order valence-corrected chi connectivity index (χ4v) is 0.330. The normalized spacial score (nSPS) is 15.9. The van der Waals surface area contributed by atoms with Crippen molar-refractivity contribution in [1.29, 1.82) is 0 Å². The van der Waals surface area contributed by atoms with Crippen molar-refractivity contribution in [1.82, 2.24) is 5.43 Å². The second-order valence-electron chi connectivity index (χ2n) is 1.07. The zero-order chi connectivity index (χ0) is 5.11. The van der Waals surface area contributed by atoms with E-state index >= 15 is 0 Å². The van der Waals surface area contributed by atoms with Crippen molar-refractivity contribution < 1.29 is 4.74 Å². The molecule has 0 amide bonds. The maximum absolute atomic E-state index is 4.68. The molecule has 3 heteroatoms. The van der Waals surface area contributed by atoms with E-state index in [0.717, 1.165) is 0 Å². The Hall–Kier alpha value is -0.990. The maximum Gasteiger partial charge on any atom is 0.234 e. The summed E-state index contributed by atoms with van der Waals surface area (Å²) in [6.45, 7) is 0. The minimum Gasteiger partial charge on any atom is -0.480 e. The van der Waals surface area contributed by atoms with Crippen LogP contribution < -0.4 is 5.43 Å². The van der Waals surface area contributed by atoms with Gasteiger partial charge in [0.2, 0.25) is 5.88 Å². The number of nitrogens with zero attached hydrogens (tertiary/aromatic N) is 2. The van der Waals surface area contributed by atoms with Gasteiger partial charge < -0.3 is 4.74 Å². The zero-order valence-electron chi connectivity index (χ0n) is 3.96. The molecule has 0 aromatic heterocycles. The van der Waals surface area contributed by atoms with Gasteiger partial charge in [0.05, 0.1) is 13.3 Å². The molecule has 0 aromatic carbocycles. The number of ether oxygens (including phenoxy) is 1. The van der Waals surface area contributed by atoms with Crippen LogP contribution in [0.5, 0.6) is 0 Å². The second kappa shape index (κ2) is 1.64. The Morgan fingerprint density at radius 2 is 2.57 bits per heavy atom. The Bertz CT molecular complexity index is 117. The molecule has 0 aliphatic carbocycles. The van der Waals surface area contributed by atoms with E-state index in [2.05, 4.69) is 15.3 Å². The van der Waals surface area contributed by atoms with E-state index < -0.39 is 0 Å². The van der Waals surface area contributed by atoms with Gasteiger partial charge in [-0.15, -0.1) is 5.43 Å². The quantitative estimate of drug-likeness (QED) is 0.456. The van der Waals surface area contributed by atoms with Crippen LogP contribution in [-0.4, -0.2) is 13.3 Å². The molecule has 1 aliphatic rings. The maximum atomic E-state index is 4.68. The minimum absolute atomic E-state index is 0.569. The Kier molecular flexibility index (Phi) is 0.978. The number of hydrogen-bond donors (Lipinski definition) is 0. The average Bonchev–Trinajstić information content (AvgIpc) is 2.14. The average molecular weight is 97.1 g/mol. The Morgan fingerprint density at radius 1 is 1.71 bits per heavy atom. The summed E-state index contributed by atoms with van der Waals surface area (Å²) in [5, 5.41) is 3.52. The third-order valence-corrected chi connectivity index (χ3v) is 0.649. The first-order chi connectivity index (χ1) is 3.43. The Labute approximate surface area is 41.7 Å². The second-order valence-corrected chi connectivity index (χ2v) is 1.07. The molecule has 0 saturated carbocycles. The van der Waals surface area contributed by atoms with Crippen molar-refractivity contribution in [2.45, 2.75) is 0 Å². The van der Waals surface area contributed by atoms with Crippen LogP contribution in [0.25, 0.3) is 0 Å². The van der Waals surface area contributed by atoms with Crippen LogP contribution in [0.15, 0.2) is 17.1 Å². The van der Waals surface area contributed by atoms with Gasteiger partial charge in [0.15, 0.2) is 0 Å². The van der Waals surface area contributed by atoms with Crippen LogP contribution in [0.4, 0.5) is 0 Å². The summed E-state index contributed by atoms with van der Waals surface area (Å²) in [6, 6.07) is 0. The molecule has 3 nitrogen and oxygen atoms in total. The lowest BCUT2D eigenvalue weighted by Gasteiger charge is -1.91. The third-order valence-electron chi connectivity index (χ3n) is 0.649. The van der Waals surface area contributed by atoms with Gasteiger partial charge in [-0.05, 0) is 0 Å². The molecule has 1 rings (SSSR count). The van der Waals surface area contributed by atoms with Crippen molar-refractivity contribution in [3.63, 3.8) is 0 Å². The summed E-state index contributed by atoms with van der Waals surface area (Å²) < 4.78 is 4.68. The summed E-state index contributed by atoms with van der Waals surface area (Å²) in [5.74, 6) is 0.569.